The lowest BCUT2D eigenvalue weighted by atomic mass is 9.98. The Balaban J connectivity index is 1.99. The number of nitrogens with zero attached hydrogens (tertiary/aromatic N) is 2. The monoisotopic (exact) mass is 319 g/mol. The Morgan fingerprint density at radius 2 is 2.26 bits per heavy atom. The SMILES string of the molecule is CNC1(C(=O)OC)CCC(Sc2nnc(SC)s2)C1. The van der Waals surface area contributed by atoms with Crippen molar-refractivity contribution >= 4 is 40.8 Å². The summed E-state index contributed by atoms with van der Waals surface area (Å²) < 4.78 is 6.87. The second kappa shape index (κ2) is 6.43. The minimum atomic E-state index is -0.528. The molecule has 1 fully saturated rings. The molecular weight excluding hydrogens is 302 g/mol. The van der Waals surface area contributed by atoms with Crippen LogP contribution in [0, 0.1) is 0 Å². The van der Waals surface area contributed by atoms with E-state index in [-0.39, 0.29) is 5.97 Å². The molecule has 2 atom stereocenters. The number of rotatable bonds is 5. The molecule has 0 saturated heterocycles. The zero-order valence-electron chi connectivity index (χ0n) is 11.1. The highest BCUT2D eigenvalue weighted by atomic mass is 32.2. The Kier molecular flexibility index (Phi) is 5.10. The van der Waals surface area contributed by atoms with E-state index in [0.29, 0.717) is 5.25 Å². The fourth-order valence-corrected chi connectivity index (χ4v) is 5.26. The maximum Gasteiger partial charge on any atom is 0.326 e. The van der Waals surface area contributed by atoms with Crippen LogP contribution >= 0.6 is 34.9 Å². The molecule has 8 heteroatoms. The van der Waals surface area contributed by atoms with E-state index in [1.165, 1.54) is 7.11 Å². The van der Waals surface area contributed by atoms with Gasteiger partial charge in [-0.1, -0.05) is 34.9 Å². The molecule has 106 valence electrons. The molecule has 1 aliphatic carbocycles. The summed E-state index contributed by atoms with van der Waals surface area (Å²) >= 11 is 4.93. The molecule has 0 spiro atoms. The van der Waals surface area contributed by atoms with Gasteiger partial charge in [0.2, 0.25) is 0 Å². The van der Waals surface area contributed by atoms with E-state index >= 15 is 0 Å². The number of ether oxygens (including phenoxy) is 1. The summed E-state index contributed by atoms with van der Waals surface area (Å²) in [5, 5.41) is 11.8. The van der Waals surface area contributed by atoms with E-state index in [9.17, 15) is 4.79 Å². The first-order valence-corrected chi connectivity index (χ1v) is 8.87. The van der Waals surface area contributed by atoms with Gasteiger partial charge in [0.05, 0.1) is 7.11 Å². The van der Waals surface area contributed by atoms with Crippen molar-refractivity contribution in [3.05, 3.63) is 0 Å². The number of nitrogens with one attached hydrogen (secondary N) is 1. The summed E-state index contributed by atoms with van der Waals surface area (Å²) in [4.78, 5) is 11.9. The van der Waals surface area contributed by atoms with Crippen LogP contribution in [-0.2, 0) is 9.53 Å². The van der Waals surface area contributed by atoms with Gasteiger partial charge in [0.15, 0.2) is 8.68 Å². The van der Waals surface area contributed by atoms with Crippen molar-refractivity contribution in [3.63, 3.8) is 0 Å². The van der Waals surface area contributed by atoms with Gasteiger partial charge in [-0.3, -0.25) is 4.79 Å². The van der Waals surface area contributed by atoms with Crippen LogP contribution in [0.4, 0.5) is 0 Å². The number of esters is 1. The van der Waals surface area contributed by atoms with Crippen molar-refractivity contribution in [3.8, 4) is 0 Å². The topological polar surface area (TPSA) is 64.1 Å². The number of aromatic nitrogens is 2. The third kappa shape index (κ3) is 3.24. The first-order valence-electron chi connectivity index (χ1n) is 5.95. The standard InChI is InChI=1S/C11H17N3O2S3/c1-12-11(8(15)16-2)5-4-7(6-11)18-10-14-13-9(17-3)19-10/h7,12H,4-6H2,1-3H3. The van der Waals surface area contributed by atoms with Crippen LogP contribution in [0.3, 0.4) is 0 Å². The van der Waals surface area contributed by atoms with Gasteiger partial charge >= 0.3 is 5.97 Å². The average molecular weight is 319 g/mol. The van der Waals surface area contributed by atoms with Gasteiger partial charge in [-0.05, 0) is 32.6 Å². The molecule has 0 bridgehead atoms. The fraction of sp³-hybridized carbons (Fsp3) is 0.727. The van der Waals surface area contributed by atoms with Gasteiger partial charge in [0.1, 0.15) is 5.54 Å². The van der Waals surface area contributed by atoms with Crippen LogP contribution < -0.4 is 5.32 Å². The van der Waals surface area contributed by atoms with Crippen LogP contribution in [0.15, 0.2) is 8.68 Å². The molecule has 19 heavy (non-hydrogen) atoms. The number of carbonyl (C=O) groups excluding carboxylic acids is 1. The summed E-state index contributed by atoms with van der Waals surface area (Å²) in [7, 11) is 3.26. The van der Waals surface area contributed by atoms with Crippen LogP contribution in [0.2, 0.25) is 0 Å². The first-order chi connectivity index (χ1) is 9.13. The van der Waals surface area contributed by atoms with Gasteiger partial charge in [0.25, 0.3) is 0 Å². The van der Waals surface area contributed by atoms with Crippen molar-refractivity contribution in [1.29, 1.82) is 0 Å². The molecule has 0 aliphatic heterocycles. The number of likely N-dealkylation sites (N-methyl/N-ethyl adjacent to an activating group) is 1. The van der Waals surface area contributed by atoms with Crippen LogP contribution in [0.1, 0.15) is 19.3 Å². The average Bonchev–Trinajstić information content (AvgIpc) is 3.05. The van der Waals surface area contributed by atoms with E-state index in [1.54, 1.807) is 34.9 Å². The van der Waals surface area contributed by atoms with E-state index in [2.05, 4.69) is 15.5 Å². The Hall–Kier alpha value is -0.310. The van der Waals surface area contributed by atoms with E-state index in [4.69, 9.17) is 4.74 Å². The van der Waals surface area contributed by atoms with Gasteiger partial charge < -0.3 is 10.1 Å². The molecule has 2 unspecified atom stereocenters. The zero-order chi connectivity index (χ0) is 13.9. The summed E-state index contributed by atoms with van der Waals surface area (Å²) in [6.45, 7) is 0. The Labute approximate surface area is 125 Å². The molecule has 1 N–H and O–H groups in total. The van der Waals surface area contributed by atoms with Crippen LogP contribution in [0.5, 0.6) is 0 Å². The molecule has 1 aliphatic rings. The number of methoxy groups -OCH3 is 1. The lowest BCUT2D eigenvalue weighted by Crippen LogP contribution is -2.49. The Morgan fingerprint density at radius 3 is 2.84 bits per heavy atom. The summed E-state index contributed by atoms with van der Waals surface area (Å²) in [5.41, 5.74) is -0.528. The third-order valence-corrected chi connectivity index (χ3v) is 6.61. The predicted octanol–water partition coefficient (Wildman–Crippen LogP) is 2.04. The summed E-state index contributed by atoms with van der Waals surface area (Å²) in [6, 6.07) is 0. The highest BCUT2D eigenvalue weighted by Crippen LogP contribution is 2.42. The van der Waals surface area contributed by atoms with Crippen LogP contribution in [-0.4, -0.2) is 47.4 Å². The molecule has 0 aromatic carbocycles. The number of carbonyl (C=O) groups is 1. The number of thioether (sulfide) groups is 2. The van der Waals surface area contributed by atoms with Gasteiger partial charge in [0, 0.05) is 5.25 Å². The normalized spacial score (nSPS) is 26.6. The molecule has 0 radical (unpaired) electrons. The maximum atomic E-state index is 11.9. The molecule has 0 amide bonds. The van der Waals surface area contributed by atoms with Gasteiger partial charge in [-0.15, -0.1) is 10.2 Å². The highest BCUT2D eigenvalue weighted by molar-refractivity contribution is 8.03. The second-order valence-corrected chi connectivity index (χ2v) is 7.92. The minimum Gasteiger partial charge on any atom is -0.468 e. The van der Waals surface area contributed by atoms with Crippen molar-refractivity contribution < 1.29 is 9.53 Å². The molecule has 1 heterocycles. The number of hydrogen-bond donors (Lipinski definition) is 1. The molecular formula is C11H17N3O2S3. The lowest BCUT2D eigenvalue weighted by Gasteiger charge is -2.25. The smallest absolute Gasteiger partial charge is 0.326 e. The summed E-state index contributed by atoms with van der Waals surface area (Å²) in [5.74, 6) is -0.167. The van der Waals surface area contributed by atoms with Crippen molar-refractivity contribution in [2.45, 2.75) is 38.7 Å². The molecule has 1 saturated carbocycles. The first kappa shape index (κ1) is 15.1. The predicted molar refractivity (Wildman–Crippen MR) is 79.0 cm³/mol. The lowest BCUT2D eigenvalue weighted by molar-refractivity contribution is -0.148. The van der Waals surface area contributed by atoms with Crippen molar-refractivity contribution in [2.75, 3.05) is 20.4 Å². The summed E-state index contributed by atoms with van der Waals surface area (Å²) in [6.07, 6.45) is 4.56. The van der Waals surface area contributed by atoms with Gasteiger partial charge in [-0.25, -0.2) is 0 Å². The minimum absolute atomic E-state index is 0.167. The Morgan fingerprint density at radius 1 is 1.53 bits per heavy atom. The molecule has 5 nitrogen and oxygen atoms in total. The fourth-order valence-electron chi connectivity index (χ4n) is 2.28. The second-order valence-electron chi connectivity index (χ2n) is 4.34. The van der Waals surface area contributed by atoms with E-state index in [0.717, 1.165) is 27.9 Å². The maximum absolute atomic E-state index is 11.9. The highest BCUT2D eigenvalue weighted by Gasteiger charge is 2.45. The number of hydrogen-bond acceptors (Lipinski definition) is 8. The largest absolute Gasteiger partial charge is 0.468 e. The molecule has 2 rings (SSSR count). The van der Waals surface area contributed by atoms with Crippen molar-refractivity contribution in [2.24, 2.45) is 0 Å². The Bertz CT molecular complexity index is 454. The van der Waals surface area contributed by atoms with E-state index in [1.807, 2.05) is 13.3 Å². The van der Waals surface area contributed by atoms with Gasteiger partial charge in [-0.2, -0.15) is 0 Å². The van der Waals surface area contributed by atoms with Crippen LogP contribution in [0.25, 0.3) is 0 Å². The zero-order valence-corrected chi connectivity index (χ0v) is 13.6. The quantitative estimate of drug-likeness (QED) is 0.658. The third-order valence-electron chi connectivity index (χ3n) is 3.35. The van der Waals surface area contributed by atoms with E-state index < -0.39 is 5.54 Å². The molecule has 1 aromatic rings. The molecule has 1 aromatic heterocycles. The van der Waals surface area contributed by atoms with Crippen molar-refractivity contribution in [1.82, 2.24) is 15.5 Å².